The largest absolute Gasteiger partial charge is 0.493 e. The summed E-state index contributed by atoms with van der Waals surface area (Å²) in [4.78, 5) is 2.46. The van der Waals surface area contributed by atoms with Gasteiger partial charge in [0.1, 0.15) is 0 Å². The Morgan fingerprint density at radius 2 is 2.25 bits per heavy atom. The minimum atomic E-state index is 0.553. The number of nitrogens with zero attached hydrogens (tertiary/aromatic N) is 1. The van der Waals surface area contributed by atoms with Gasteiger partial charge in [-0.25, -0.2) is 0 Å². The number of piperazine rings is 1. The van der Waals surface area contributed by atoms with Gasteiger partial charge in [0.15, 0.2) is 11.5 Å². The lowest BCUT2D eigenvalue weighted by Gasteiger charge is -2.32. The van der Waals surface area contributed by atoms with Crippen LogP contribution in [0.4, 0.5) is 0 Å². The van der Waals surface area contributed by atoms with E-state index in [9.17, 15) is 0 Å². The van der Waals surface area contributed by atoms with Crippen LogP contribution in [0.15, 0.2) is 16.6 Å². The van der Waals surface area contributed by atoms with Crippen LogP contribution in [0, 0.1) is 0 Å². The highest BCUT2D eigenvalue weighted by molar-refractivity contribution is 9.10. The summed E-state index contributed by atoms with van der Waals surface area (Å²) < 4.78 is 12.0. The number of nitrogens with one attached hydrogen (secondary N) is 1. The van der Waals surface area contributed by atoms with Gasteiger partial charge >= 0.3 is 0 Å². The Bertz CT molecular complexity index is 454. The first kappa shape index (κ1) is 15.6. The molecule has 1 N–H and O–H groups in total. The molecule has 0 unspecified atom stereocenters. The first-order chi connectivity index (χ1) is 9.63. The predicted octanol–water partition coefficient (Wildman–Crippen LogP) is 2.65. The SMILES string of the molecule is CCOc1c(Br)cc(CN2CCN[C@@H](C)C2)cc1OC. The fraction of sp³-hybridized carbons (Fsp3) is 0.600. The second-order valence-corrected chi connectivity index (χ2v) is 5.99. The van der Waals surface area contributed by atoms with Gasteiger partial charge in [-0.05, 0) is 47.5 Å². The van der Waals surface area contributed by atoms with Crippen molar-refractivity contribution in [2.24, 2.45) is 0 Å². The Labute approximate surface area is 129 Å². The second kappa shape index (κ2) is 7.29. The van der Waals surface area contributed by atoms with Crippen LogP contribution in [0.1, 0.15) is 19.4 Å². The number of benzene rings is 1. The number of methoxy groups -OCH3 is 1. The van der Waals surface area contributed by atoms with Gasteiger partial charge < -0.3 is 14.8 Å². The van der Waals surface area contributed by atoms with Gasteiger partial charge in [-0.1, -0.05) is 0 Å². The molecule has 0 spiro atoms. The standard InChI is InChI=1S/C15H23BrN2O2/c1-4-20-15-13(16)7-12(8-14(15)19-3)10-18-6-5-17-11(2)9-18/h7-8,11,17H,4-6,9-10H2,1-3H3/t11-/m0/s1. The quantitative estimate of drug-likeness (QED) is 0.891. The third-order valence-corrected chi connectivity index (χ3v) is 4.03. The predicted molar refractivity (Wildman–Crippen MR) is 84.6 cm³/mol. The molecule has 1 aliphatic heterocycles. The molecule has 1 atom stereocenters. The van der Waals surface area contributed by atoms with Crippen molar-refractivity contribution < 1.29 is 9.47 Å². The summed E-state index contributed by atoms with van der Waals surface area (Å²) in [7, 11) is 1.68. The van der Waals surface area contributed by atoms with Crippen LogP contribution in [0.5, 0.6) is 11.5 Å². The molecule has 1 aromatic rings. The van der Waals surface area contributed by atoms with Crippen molar-refractivity contribution in [1.82, 2.24) is 10.2 Å². The van der Waals surface area contributed by atoms with Crippen molar-refractivity contribution in [3.63, 3.8) is 0 Å². The number of halogens is 1. The molecular formula is C15H23BrN2O2. The average molecular weight is 343 g/mol. The molecule has 4 nitrogen and oxygen atoms in total. The van der Waals surface area contributed by atoms with E-state index >= 15 is 0 Å². The molecule has 0 radical (unpaired) electrons. The Morgan fingerprint density at radius 1 is 1.45 bits per heavy atom. The minimum absolute atomic E-state index is 0.553. The Hall–Kier alpha value is -0.780. The number of hydrogen-bond acceptors (Lipinski definition) is 4. The molecule has 0 saturated carbocycles. The lowest BCUT2D eigenvalue weighted by Crippen LogP contribution is -2.48. The molecule has 0 aromatic heterocycles. The zero-order valence-electron chi connectivity index (χ0n) is 12.4. The van der Waals surface area contributed by atoms with Crippen molar-refractivity contribution in [1.29, 1.82) is 0 Å². The third kappa shape index (κ3) is 3.87. The third-order valence-electron chi connectivity index (χ3n) is 3.44. The van der Waals surface area contributed by atoms with Gasteiger partial charge in [-0.15, -0.1) is 0 Å². The topological polar surface area (TPSA) is 33.7 Å². The van der Waals surface area contributed by atoms with Gasteiger partial charge in [0.25, 0.3) is 0 Å². The molecule has 1 saturated heterocycles. The van der Waals surface area contributed by atoms with Crippen molar-refractivity contribution in [2.75, 3.05) is 33.4 Å². The van der Waals surface area contributed by atoms with Crippen molar-refractivity contribution >= 4 is 15.9 Å². The highest BCUT2D eigenvalue weighted by atomic mass is 79.9. The molecule has 1 aromatic carbocycles. The lowest BCUT2D eigenvalue weighted by atomic mass is 10.1. The van der Waals surface area contributed by atoms with Gasteiger partial charge in [0.2, 0.25) is 0 Å². The number of ether oxygens (including phenoxy) is 2. The summed E-state index contributed by atoms with van der Waals surface area (Å²) in [6, 6.07) is 4.75. The number of rotatable bonds is 5. The molecule has 1 aliphatic rings. The van der Waals surface area contributed by atoms with Gasteiger partial charge in [0.05, 0.1) is 18.2 Å². The highest BCUT2D eigenvalue weighted by Gasteiger charge is 2.17. The second-order valence-electron chi connectivity index (χ2n) is 5.13. The van der Waals surface area contributed by atoms with Crippen molar-refractivity contribution in [3.05, 3.63) is 22.2 Å². The maximum atomic E-state index is 5.63. The van der Waals surface area contributed by atoms with Gasteiger partial charge in [0, 0.05) is 32.2 Å². The van der Waals surface area contributed by atoms with Crippen LogP contribution in [0.3, 0.4) is 0 Å². The average Bonchev–Trinajstić information content (AvgIpc) is 2.41. The first-order valence-corrected chi connectivity index (χ1v) is 7.88. The van der Waals surface area contributed by atoms with Crippen LogP contribution >= 0.6 is 15.9 Å². The van der Waals surface area contributed by atoms with Crippen LogP contribution < -0.4 is 14.8 Å². The first-order valence-electron chi connectivity index (χ1n) is 7.09. The fourth-order valence-electron chi connectivity index (χ4n) is 2.56. The van der Waals surface area contributed by atoms with Crippen LogP contribution in [0.2, 0.25) is 0 Å². The Morgan fingerprint density at radius 3 is 2.90 bits per heavy atom. The summed E-state index contributed by atoms with van der Waals surface area (Å²) in [5, 5.41) is 3.46. The molecular weight excluding hydrogens is 320 g/mol. The van der Waals surface area contributed by atoms with E-state index in [1.165, 1.54) is 5.56 Å². The molecule has 2 rings (SSSR count). The monoisotopic (exact) mass is 342 g/mol. The Balaban J connectivity index is 2.14. The van der Waals surface area contributed by atoms with E-state index in [1.54, 1.807) is 7.11 Å². The van der Waals surface area contributed by atoms with Crippen molar-refractivity contribution in [3.8, 4) is 11.5 Å². The summed E-state index contributed by atoms with van der Waals surface area (Å²) in [5.74, 6) is 1.58. The van der Waals surface area contributed by atoms with Crippen LogP contribution in [0.25, 0.3) is 0 Å². The molecule has 0 aliphatic carbocycles. The van der Waals surface area contributed by atoms with E-state index in [0.29, 0.717) is 12.6 Å². The number of hydrogen-bond donors (Lipinski definition) is 1. The normalized spacial score (nSPS) is 19.9. The molecule has 5 heteroatoms. The highest BCUT2D eigenvalue weighted by Crippen LogP contribution is 2.37. The van der Waals surface area contributed by atoms with Crippen molar-refractivity contribution in [2.45, 2.75) is 26.4 Å². The summed E-state index contributed by atoms with van der Waals surface area (Å²) in [6.45, 7) is 8.97. The van der Waals surface area contributed by atoms with E-state index in [2.05, 4.69) is 45.2 Å². The van der Waals surface area contributed by atoms with Gasteiger partial charge in [-0.2, -0.15) is 0 Å². The molecule has 20 heavy (non-hydrogen) atoms. The molecule has 0 bridgehead atoms. The van der Waals surface area contributed by atoms with Crippen LogP contribution in [-0.4, -0.2) is 44.3 Å². The Kier molecular flexibility index (Phi) is 5.69. The molecule has 112 valence electrons. The maximum Gasteiger partial charge on any atom is 0.175 e. The van der Waals surface area contributed by atoms with Crippen LogP contribution in [-0.2, 0) is 6.54 Å². The lowest BCUT2D eigenvalue weighted by molar-refractivity contribution is 0.199. The smallest absolute Gasteiger partial charge is 0.175 e. The molecule has 1 heterocycles. The summed E-state index contributed by atoms with van der Waals surface area (Å²) in [5.41, 5.74) is 1.24. The van der Waals surface area contributed by atoms with E-state index in [0.717, 1.165) is 42.2 Å². The fourth-order valence-corrected chi connectivity index (χ4v) is 3.17. The maximum absolute atomic E-state index is 5.63. The van der Waals surface area contributed by atoms with Gasteiger partial charge in [-0.3, -0.25) is 4.90 Å². The molecule has 1 fully saturated rings. The summed E-state index contributed by atoms with van der Waals surface area (Å²) in [6.07, 6.45) is 0. The van der Waals surface area contributed by atoms with E-state index in [-0.39, 0.29) is 0 Å². The summed E-state index contributed by atoms with van der Waals surface area (Å²) >= 11 is 3.58. The van der Waals surface area contributed by atoms with E-state index in [1.807, 2.05) is 6.92 Å². The zero-order chi connectivity index (χ0) is 14.5. The zero-order valence-corrected chi connectivity index (χ0v) is 14.0. The van der Waals surface area contributed by atoms with E-state index < -0.39 is 0 Å². The van der Waals surface area contributed by atoms with E-state index in [4.69, 9.17) is 9.47 Å². The minimum Gasteiger partial charge on any atom is -0.493 e. The molecule has 0 amide bonds.